The Morgan fingerprint density at radius 3 is 2.58 bits per heavy atom. The molecule has 0 bridgehead atoms. The Kier molecular flexibility index (Phi) is 2.83. The van der Waals surface area contributed by atoms with Crippen molar-refractivity contribution in [2.45, 2.75) is 6.92 Å². The molecule has 0 N–H and O–H groups in total. The fraction of sp³-hybridized carbons (Fsp3) is 0.143. The molecule has 0 unspecified atom stereocenters. The van der Waals surface area contributed by atoms with Crippen molar-refractivity contribution in [3.63, 3.8) is 0 Å². The smallest absolute Gasteiger partial charge is 0.356 e. The molecule has 0 atom stereocenters. The first-order chi connectivity index (χ1) is 5.59. The normalized spacial score (nSPS) is 9.50. The number of ether oxygens (including phenoxy) is 1. The lowest BCUT2D eigenvalue weighted by Gasteiger charge is -1.94. The Bertz CT molecular complexity index is 318. The van der Waals surface area contributed by atoms with E-state index in [9.17, 15) is 9.59 Å². The molecule has 1 heterocycles. The molecule has 5 heteroatoms. The number of carbonyl (C=O) groups is 2. The highest BCUT2D eigenvalue weighted by Gasteiger charge is 2.11. The lowest BCUT2D eigenvalue weighted by Crippen LogP contribution is -2.07. The molecule has 1 aromatic heterocycles. The molecule has 0 aliphatic heterocycles. The molecule has 0 spiro atoms. The van der Waals surface area contributed by atoms with Crippen LogP contribution in [0.3, 0.4) is 0 Å². The third-order valence-corrected chi connectivity index (χ3v) is 2.22. The van der Waals surface area contributed by atoms with Gasteiger partial charge in [0.2, 0.25) is 0 Å². The van der Waals surface area contributed by atoms with Crippen LogP contribution in [-0.4, -0.2) is 11.9 Å². The van der Waals surface area contributed by atoms with Gasteiger partial charge in [-0.05, 0) is 12.1 Å². The molecule has 12 heavy (non-hydrogen) atoms. The third kappa shape index (κ3) is 2.32. The molecule has 0 aliphatic rings. The maximum Gasteiger partial charge on any atom is 0.356 e. The molecule has 0 aromatic carbocycles. The van der Waals surface area contributed by atoms with Crippen LogP contribution in [-0.2, 0) is 9.53 Å². The Morgan fingerprint density at radius 1 is 1.50 bits per heavy atom. The quantitative estimate of drug-likeness (QED) is 0.520. The van der Waals surface area contributed by atoms with E-state index < -0.39 is 11.9 Å². The fourth-order valence-corrected chi connectivity index (χ4v) is 1.52. The summed E-state index contributed by atoms with van der Waals surface area (Å²) in [5.74, 6) is -1.27. The number of rotatable bonds is 1. The zero-order valence-corrected chi connectivity index (χ0v) is 7.74. The minimum absolute atomic E-state index is 0.329. The van der Waals surface area contributed by atoms with E-state index >= 15 is 0 Å². The molecule has 0 amide bonds. The molecular weight excluding hydrogens is 200 g/mol. The van der Waals surface area contributed by atoms with Crippen LogP contribution in [0.5, 0.6) is 0 Å². The van der Waals surface area contributed by atoms with Gasteiger partial charge < -0.3 is 4.74 Å². The summed E-state index contributed by atoms with van der Waals surface area (Å²) in [5.41, 5.74) is 0. The molecule has 1 aromatic rings. The SMILES string of the molecule is CC(=O)OC(=O)c1ccc(Cl)s1. The van der Waals surface area contributed by atoms with Gasteiger partial charge in [-0.2, -0.15) is 0 Å². The lowest BCUT2D eigenvalue weighted by atomic mass is 10.5. The third-order valence-electron chi connectivity index (χ3n) is 1.01. The monoisotopic (exact) mass is 204 g/mol. The number of hydrogen-bond donors (Lipinski definition) is 0. The zero-order valence-electron chi connectivity index (χ0n) is 6.17. The van der Waals surface area contributed by atoms with Gasteiger partial charge in [0, 0.05) is 6.92 Å². The second-order valence-corrected chi connectivity index (χ2v) is 3.70. The van der Waals surface area contributed by atoms with Crippen LogP contribution in [0, 0.1) is 0 Å². The highest BCUT2D eigenvalue weighted by molar-refractivity contribution is 7.17. The van der Waals surface area contributed by atoms with Crippen LogP contribution in [0.25, 0.3) is 0 Å². The maximum absolute atomic E-state index is 11.0. The molecule has 64 valence electrons. The summed E-state index contributed by atoms with van der Waals surface area (Å²) in [6, 6.07) is 3.08. The first-order valence-corrected chi connectivity index (χ1v) is 4.27. The number of hydrogen-bond acceptors (Lipinski definition) is 4. The van der Waals surface area contributed by atoms with Crippen molar-refractivity contribution in [1.82, 2.24) is 0 Å². The molecule has 3 nitrogen and oxygen atoms in total. The van der Waals surface area contributed by atoms with E-state index in [0.717, 1.165) is 11.3 Å². The second-order valence-electron chi connectivity index (χ2n) is 1.98. The second kappa shape index (κ2) is 3.69. The van der Waals surface area contributed by atoms with Gasteiger partial charge in [0.15, 0.2) is 0 Å². The topological polar surface area (TPSA) is 43.4 Å². The minimum Gasteiger partial charge on any atom is -0.389 e. The first kappa shape index (κ1) is 9.22. The van der Waals surface area contributed by atoms with Gasteiger partial charge >= 0.3 is 11.9 Å². The summed E-state index contributed by atoms with van der Waals surface area (Å²) in [7, 11) is 0. The van der Waals surface area contributed by atoms with Crippen LogP contribution < -0.4 is 0 Å². The average Bonchev–Trinajstić information content (AvgIpc) is 2.34. The highest BCUT2D eigenvalue weighted by atomic mass is 35.5. The molecule has 0 saturated heterocycles. The predicted molar refractivity (Wildman–Crippen MR) is 45.4 cm³/mol. The molecule has 0 radical (unpaired) electrons. The van der Waals surface area contributed by atoms with Gasteiger partial charge in [-0.3, -0.25) is 4.79 Å². The molecule has 0 saturated carbocycles. The number of esters is 2. The van der Waals surface area contributed by atoms with Crippen molar-refractivity contribution < 1.29 is 14.3 Å². The highest BCUT2D eigenvalue weighted by Crippen LogP contribution is 2.21. The van der Waals surface area contributed by atoms with Crippen molar-refractivity contribution in [3.8, 4) is 0 Å². The molecule has 1 rings (SSSR count). The van der Waals surface area contributed by atoms with Crippen LogP contribution in [0.15, 0.2) is 12.1 Å². The summed E-state index contributed by atoms with van der Waals surface area (Å²) in [6.45, 7) is 1.17. The Labute approximate surface area is 77.9 Å². The van der Waals surface area contributed by atoms with Crippen LogP contribution in [0.4, 0.5) is 0 Å². The number of carbonyl (C=O) groups excluding carboxylic acids is 2. The minimum atomic E-state index is -0.653. The Morgan fingerprint density at radius 2 is 2.17 bits per heavy atom. The van der Waals surface area contributed by atoms with E-state index in [0.29, 0.717) is 9.21 Å². The Hall–Kier alpha value is -0.870. The van der Waals surface area contributed by atoms with Gasteiger partial charge in [0.25, 0.3) is 0 Å². The van der Waals surface area contributed by atoms with E-state index in [1.807, 2.05) is 0 Å². The van der Waals surface area contributed by atoms with Crippen molar-refractivity contribution in [2.75, 3.05) is 0 Å². The molecule has 0 fully saturated rings. The van der Waals surface area contributed by atoms with Crippen molar-refractivity contribution in [3.05, 3.63) is 21.3 Å². The summed E-state index contributed by atoms with van der Waals surface area (Å²) >= 11 is 6.64. The van der Waals surface area contributed by atoms with Gasteiger partial charge in [-0.1, -0.05) is 11.6 Å². The van der Waals surface area contributed by atoms with Crippen LogP contribution >= 0.6 is 22.9 Å². The van der Waals surface area contributed by atoms with Crippen LogP contribution in [0.2, 0.25) is 4.34 Å². The van der Waals surface area contributed by atoms with E-state index in [2.05, 4.69) is 4.74 Å². The summed E-state index contributed by atoms with van der Waals surface area (Å²) in [5, 5.41) is 0. The van der Waals surface area contributed by atoms with E-state index in [1.165, 1.54) is 13.0 Å². The maximum atomic E-state index is 11.0. The van der Waals surface area contributed by atoms with Gasteiger partial charge in [-0.15, -0.1) is 11.3 Å². The fourth-order valence-electron chi connectivity index (χ4n) is 0.605. The predicted octanol–water partition coefficient (Wildman–Crippen LogP) is 2.10. The lowest BCUT2D eigenvalue weighted by molar-refractivity contribution is -0.135. The summed E-state index contributed by atoms with van der Waals surface area (Å²) < 4.78 is 4.81. The number of halogens is 1. The summed E-state index contributed by atoms with van der Waals surface area (Å²) in [4.78, 5) is 21.7. The van der Waals surface area contributed by atoms with Crippen molar-refractivity contribution >= 4 is 34.9 Å². The van der Waals surface area contributed by atoms with Crippen LogP contribution in [0.1, 0.15) is 16.6 Å². The number of thiophene rings is 1. The van der Waals surface area contributed by atoms with Gasteiger partial charge in [0.05, 0.1) is 4.34 Å². The Balaban J connectivity index is 2.72. The van der Waals surface area contributed by atoms with E-state index in [1.54, 1.807) is 6.07 Å². The van der Waals surface area contributed by atoms with E-state index in [-0.39, 0.29) is 0 Å². The van der Waals surface area contributed by atoms with Gasteiger partial charge in [-0.25, -0.2) is 4.79 Å². The average molecular weight is 205 g/mol. The molecule has 0 aliphatic carbocycles. The largest absolute Gasteiger partial charge is 0.389 e. The van der Waals surface area contributed by atoms with Crippen molar-refractivity contribution in [2.24, 2.45) is 0 Å². The standard InChI is InChI=1S/C7H5ClO3S/c1-4(9)11-7(10)5-2-3-6(8)12-5/h2-3H,1H3. The first-order valence-electron chi connectivity index (χ1n) is 3.07. The molecular formula is C7H5ClO3S. The van der Waals surface area contributed by atoms with Crippen molar-refractivity contribution in [1.29, 1.82) is 0 Å². The summed E-state index contributed by atoms with van der Waals surface area (Å²) in [6.07, 6.45) is 0. The van der Waals surface area contributed by atoms with Gasteiger partial charge in [0.1, 0.15) is 4.88 Å². The zero-order chi connectivity index (χ0) is 9.14. The van der Waals surface area contributed by atoms with E-state index in [4.69, 9.17) is 11.6 Å².